The van der Waals surface area contributed by atoms with Crippen molar-refractivity contribution < 1.29 is 13.0 Å². The Bertz CT molecular complexity index is 506. The maximum absolute atomic E-state index is 11.1. The minimum absolute atomic E-state index is 0.000968. The van der Waals surface area contributed by atoms with Gasteiger partial charge in [0.15, 0.2) is 0 Å². The molecule has 0 aliphatic rings. The molecule has 0 heterocycles. The quantitative estimate of drug-likeness (QED) is 0.538. The molecule has 0 fully saturated rings. The lowest BCUT2D eigenvalue weighted by molar-refractivity contribution is 0.483. The molecule has 0 amide bonds. The Balaban J connectivity index is 2.44. The third kappa shape index (κ3) is 6.06. The minimum atomic E-state index is -4.09. The van der Waals surface area contributed by atoms with Crippen LogP contribution < -0.4 is 0 Å². The van der Waals surface area contributed by atoms with Gasteiger partial charge < -0.3 is 0 Å². The van der Waals surface area contributed by atoms with E-state index in [1.54, 1.807) is 12.1 Å². The summed E-state index contributed by atoms with van der Waals surface area (Å²) in [5.74, 6) is 0. The van der Waals surface area contributed by atoms with Gasteiger partial charge in [-0.3, -0.25) is 4.55 Å². The van der Waals surface area contributed by atoms with Crippen LogP contribution in [0, 0.1) is 6.92 Å². The summed E-state index contributed by atoms with van der Waals surface area (Å²) >= 11 is 0. The van der Waals surface area contributed by atoms with Crippen molar-refractivity contribution in [3.05, 3.63) is 29.3 Å². The zero-order valence-corrected chi connectivity index (χ0v) is 13.4. The molecule has 0 spiro atoms. The SMILES string of the molecule is CCCCCCCCCc1cc(S(=O)(=O)O)ccc1C. The maximum Gasteiger partial charge on any atom is 0.294 e. The molecule has 0 aliphatic carbocycles. The van der Waals surface area contributed by atoms with E-state index in [9.17, 15) is 8.42 Å². The summed E-state index contributed by atoms with van der Waals surface area (Å²) < 4.78 is 31.3. The van der Waals surface area contributed by atoms with Crippen molar-refractivity contribution in [3.63, 3.8) is 0 Å². The highest BCUT2D eigenvalue weighted by atomic mass is 32.2. The fraction of sp³-hybridized carbons (Fsp3) is 0.625. The molecule has 4 heteroatoms. The molecule has 0 saturated carbocycles. The van der Waals surface area contributed by atoms with Gasteiger partial charge in [0.05, 0.1) is 4.90 Å². The molecule has 20 heavy (non-hydrogen) atoms. The fourth-order valence-electron chi connectivity index (χ4n) is 2.35. The van der Waals surface area contributed by atoms with E-state index in [0.29, 0.717) is 0 Å². The monoisotopic (exact) mass is 298 g/mol. The van der Waals surface area contributed by atoms with Gasteiger partial charge >= 0.3 is 0 Å². The molecule has 0 bridgehead atoms. The Kier molecular flexibility index (Phi) is 7.24. The molecule has 1 N–H and O–H groups in total. The lowest BCUT2D eigenvalue weighted by atomic mass is 10.0. The van der Waals surface area contributed by atoms with Gasteiger partial charge in [0.25, 0.3) is 10.1 Å². The van der Waals surface area contributed by atoms with Gasteiger partial charge in [0, 0.05) is 0 Å². The lowest BCUT2D eigenvalue weighted by Crippen LogP contribution is -2.00. The molecule has 0 atom stereocenters. The zero-order chi connectivity index (χ0) is 15.0. The van der Waals surface area contributed by atoms with Crippen molar-refractivity contribution in [3.8, 4) is 0 Å². The van der Waals surface area contributed by atoms with Crippen molar-refractivity contribution in [1.29, 1.82) is 0 Å². The molecule has 0 radical (unpaired) electrons. The highest BCUT2D eigenvalue weighted by molar-refractivity contribution is 7.85. The van der Waals surface area contributed by atoms with Gasteiger partial charge in [0.2, 0.25) is 0 Å². The van der Waals surface area contributed by atoms with Crippen LogP contribution >= 0.6 is 0 Å². The molecular weight excluding hydrogens is 272 g/mol. The first-order valence-electron chi connectivity index (χ1n) is 7.52. The standard InChI is InChI=1S/C16H26O3S/c1-3-4-5-6-7-8-9-10-15-13-16(20(17,18)19)12-11-14(15)2/h11-13H,3-10H2,1-2H3,(H,17,18,19). The largest absolute Gasteiger partial charge is 0.294 e. The summed E-state index contributed by atoms with van der Waals surface area (Å²) in [4.78, 5) is 0.000968. The smallest absolute Gasteiger partial charge is 0.282 e. The Labute approximate surface area is 123 Å². The summed E-state index contributed by atoms with van der Waals surface area (Å²) in [6, 6.07) is 4.82. The van der Waals surface area contributed by atoms with Crippen LogP contribution in [0.25, 0.3) is 0 Å². The second-order valence-corrected chi connectivity index (χ2v) is 6.86. The highest BCUT2D eigenvalue weighted by Crippen LogP contribution is 2.18. The molecule has 0 unspecified atom stereocenters. The van der Waals surface area contributed by atoms with Gasteiger partial charge in [0.1, 0.15) is 0 Å². The molecule has 3 nitrogen and oxygen atoms in total. The summed E-state index contributed by atoms with van der Waals surface area (Å²) in [5, 5.41) is 0. The molecule has 1 aromatic rings. The van der Waals surface area contributed by atoms with E-state index in [0.717, 1.165) is 24.0 Å². The van der Waals surface area contributed by atoms with Gasteiger partial charge in [-0.1, -0.05) is 51.5 Å². The zero-order valence-electron chi connectivity index (χ0n) is 12.6. The number of hydrogen-bond donors (Lipinski definition) is 1. The van der Waals surface area contributed by atoms with E-state index in [2.05, 4.69) is 6.92 Å². The second kappa shape index (κ2) is 8.42. The Hall–Kier alpha value is -0.870. The predicted molar refractivity (Wildman–Crippen MR) is 82.7 cm³/mol. The van der Waals surface area contributed by atoms with Crippen LogP contribution in [-0.4, -0.2) is 13.0 Å². The van der Waals surface area contributed by atoms with Crippen molar-refractivity contribution in [2.24, 2.45) is 0 Å². The van der Waals surface area contributed by atoms with E-state index in [1.165, 1.54) is 44.6 Å². The number of hydrogen-bond acceptors (Lipinski definition) is 2. The molecule has 0 saturated heterocycles. The van der Waals surface area contributed by atoms with E-state index in [4.69, 9.17) is 4.55 Å². The highest BCUT2D eigenvalue weighted by Gasteiger charge is 2.11. The van der Waals surface area contributed by atoms with Crippen LogP contribution in [0.1, 0.15) is 63.0 Å². The van der Waals surface area contributed by atoms with E-state index in [-0.39, 0.29) is 4.90 Å². The number of aryl methyl sites for hydroxylation is 2. The molecule has 1 aromatic carbocycles. The lowest BCUT2D eigenvalue weighted by Gasteiger charge is -2.07. The molecular formula is C16H26O3S. The average molecular weight is 298 g/mol. The summed E-state index contributed by atoms with van der Waals surface area (Å²) in [5.41, 5.74) is 2.11. The number of rotatable bonds is 9. The first-order valence-corrected chi connectivity index (χ1v) is 8.96. The molecule has 114 valence electrons. The topological polar surface area (TPSA) is 54.4 Å². The molecule has 0 aromatic heterocycles. The van der Waals surface area contributed by atoms with Crippen LogP contribution in [0.3, 0.4) is 0 Å². The molecule has 1 rings (SSSR count). The van der Waals surface area contributed by atoms with Gasteiger partial charge in [-0.25, -0.2) is 0 Å². The first-order chi connectivity index (χ1) is 9.45. The van der Waals surface area contributed by atoms with Gasteiger partial charge in [-0.15, -0.1) is 0 Å². The third-order valence-corrected chi connectivity index (χ3v) is 4.52. The van der Waals surface area contributed by atoms with Crippen LogP contribution in [0.4, 0.5) is 0 Å². The van der Waals surface area contributed by atoms with Crippen molar-refractivity contribution in [2.75, 3.05) is 0 Å². The van der Waals surface area contributed by atoms with Crippen LogP contribution in [-0.2, 0) is 16.5 Å². The van der Waals surface area contributed by atoms with Gasteiger partial charge in [-0.05, 0) is 43.0 Å². The Morgan fingerprint density at radius 3 is 2.20 bits per heavy atom. The van der Waals surface area contributed by atoms with E-state index >= 15 is 0 Å². The van der Waals surface area contributed by atoms with Gasteiger partial charge in [-0.2, -0.15) is 8.42 Å². The van der Waals surface area contributed by atoms with Crippen molar-refractivity contribution >= 4 is 10.1 Å². The normalized spacial score (nSPS) is 11.8. The summed E-state index contributed by atoms with van der Waals surface area (Å²) in [7, 11) is -4.09. The molecule has 0 aliphatic heterocycles. The second-order valence-electron chi connectivity index (χ2n) is 5.43. The predicted octanol–water partition coefficient (Wildman–Crippen LogP) is 4.53. The summed E-state index contributed by atoms with van der Waals surface area (Å²) in [6.45, 7) is 4.19. The maximum atomic E-state index is 11.1. The van der Waals surface area contributed by atoms with Crippen molar-refractivity contribution in [2.45, 2.75) is 70.1 Å². The fourth-order valence-corrected chi connectivity index (χ4v) is 2.88. The van der Waals surface area contributed by atoms with E-state index < -0.39 is 10.1 Å². The summed E-state index contributed by atoms with van der Waals surface area (Å²) in [6.07, 6.45) is 9.56. The van der Waals surface area contributed by atoms with E-state index in [1.807, 2.05) is 6.92 Å². The van der Waals surface area contributed by atoms with Crippen molar-refractivity contribution in [1.82, 2.24) is 0 Å². The average Bonchev–Trinajstić information content (AvgIpc) is 2.38. The Morgan fingerprint density at radius 1 is 1.00 bits per heavy atom. The number of benzene rings is 1. The number of unbranched alkanes of at least 4 members (excludes halogenated alkanes) is 6. The third-order valence-electron chi connectivity index (χ3n) is 3.67. The van der Waals surface area contributed by atoms with Crippen LogP contribution in [0.5, 0.6) is 0 Å². The van der Waals surface area contributed by atoms with Crippen LogP contribution in [0.2, 0.25) is 0 Å². The Morgan fingerprint density at radius 2 is 1.60 bits per heavy atom. The first kappa shape index (κ1) is 17.2. The minimum Gasteiger partial charge on any atom is -0.282 e. The van der Waals surface area contributed by atoms with Crippen LogP contribution in [0.15, 0.2) is 23.1 Å².